The summed E-state index contributed by atoms with van der Waals surface area (Å²) in [6.07, 6.45) is 2.56. The maximum absolute atomic E-state index is 11.8. The van der Waals surface area contributed by atoms with Crippen LogP contribution in [0.4, 0.5) is 5.69 Å². The number of nitrogens with zero attached hydrogens (tertiary/aromatic N) is 1. The molecule has 0 saturated carbocycles. The molecule has 0 spiro atoms. The average Bonchev–Trinajstić information content (AvgIpc) is 2.40. The second kappa shape index (κ2) is 5.23. The molecule has 0 bridgehead atoms. The minimum absolute atomic E-state index is 0.0158. The summed E-state index contributed by atoms with van der Waals surface area (Å²) in [4.78, 5) is 13.5. The average molecular weight is 246 g/mol. The summed E-state index contributed by atoms with van der Waals surface area (Å²) in [7, 11) is 0. The summed E-state index contributed by atoms with van der Waals surface area (Å²) >= 11 is 0. The van der Waals surface area contributed by atoms with Crippen molar-refractivity contribution in [1.29, 1.82) is 0 Å². The number of benzene rings is 1. The number of carbonyl (C=O) groups is 1. The first-order chi connectivity index (χ1) is 8.67. The van der Waals surface area contributed by atoms with E-state index in [2.05, 4.69) is 6.58 Å². The molecule has 1 atom stereocenters. The van der Waals surface area contributed by atoms with Crippen LogP contribution in [0.5, 0.6) is 5.75 Å². The Kier molecular flexibility index (Phi) is 3.67. The standard InChI is InChI=1S/C14H18N2O2/c1-3-7-16-12-8-10(11(15)4-2)5-6-13(12)18-9-14(16)17/h3,5-6,8,11H,1,4,7,9,15H2,2H3. The van der Waals surface area contributed by atoms with Crippen molar-refractivity contribution >= 4 is 11.6 Å². The van der Waals surface area contributed by atoms with Gasteiger partial charge in [-0.05, 0) is 24.1 Å². The fourth-order valence-corrected chi connectivity index (χ4v) is 2.01. The zero-order valence-corrected chi connectivity index (χ0v) is 10.6. The lowest BCUT2D eigenvalue weighted by Gasteiger charge is -2.29. The van der Waals surface area contributed by atoms with E-state index < -0.39 is 0 Å². The van der Waals surface area contributed by atoms with Crippen LogP contribution in [-0.4, -0.2) is 19.1 Å². The largest absolute Gasteiger partial charge is 0.482 e. The van der Waals surface area contributed by atoms with E-state index in [1.807, 2.05) is 25.1 Å². The van der Waals surface area contributed by atoms with E-state index in [9.17, 15) is 4.79 Å². The second-order valence-corrected chi connectivity index (χ2v) is 4.32. The van der Waals surface area contributed by atoms with Crippen molar-refractivity contribution in [3.8, 4) is 5.75 Å². The van der Waals surface area contributed by atoms with Crippen LogP contribution in [0, 0.1) is 0 Å². The monoisotopic (exact) mass is 246 g/mol. The second-order valence-electron chi connectivity index (χ2n) is 4.32. The summed E-state index contributed by atoms with van der Waals surface area (Å²) < 4.78 is 5.41. The third-order valence-electron chi connectivity index (χ3n) is 3.11. The van der Waals surface area contributed by atoms with Crippen molar-refractivity contribution in [1.82, 2.24) is 0 Å². The molecular weight excluding hydrogens is 228 g/mol. The predicted octanol–water partition coefficient (Wildman–Crippen LogP) is 2.01. The van der Waals surface area contributed by atoms with Crippen LogP contribution in [-0.2, 0) is 4.79 Å². The van der Waals surface area contributed by atoms with Crippen LogP contribution in [0.2, 0.25) is 0 Å². The maximum atomic E-state index is 11.8. The minimum atomic E-state index is -0.0513. The highest BCUT2D eigenvalue weighted by Crippen LogP contribution is 2.34. The Morgan fingerprint density at radius 2 is 2.39 bits per heavy atom. The van der Waals surface area contributed by atoms with Crippen LogP contribution >= 0.6 is 0 Å². The fourth-order valence-electron chi connectivity index (χ4n) is 2.01. The molecule has 1 aliphatic heterocycles. The number of hydrogen-bond donors (Lipinski definition) is 1. The van der Waals surface area contributed by atoms with Crippen LogP contribution in [0.3, 0.4) is 0 Å². The predicted molar refractivity (Wildman–Crippen MR) is 71.7 cm³/mol. The quantitative estimate of drug-likeness (QED) is 0.827. The Hall–Kier alpha value is -1.81. The van der Waals surface area contributed by atoms with Gasteiger partial charge >= 0.3 is 0 Å². The smallest absolute Gasteiger partial charge is 0.265 e. The molecule has 0 aromatic heterocycles. The van der Waals surface area contributed by atoms with Gasteiger partial charge in [-0.2, -0.15) is 0 Å². The molecule has 0 fully saturated rings. The van der Waals surface area contributed by atoms with Crippen molar-refractivity contribution in [2.75, 3.05) is 18.1 Å². The summed E-state index contributed by atoms with van der Waals surface area (Å²) in [5.74, 6) is 0.674. The Labute approximate surface area is 107 Å². The molecule has 1 aromatic carbocycles. The van der Waals surface area contributed by atoms with Crippen molar-refractivity contribution in [2.24, 2.45) is 5.73 Å². The van der Waals surface area contributed by atoms with Crippen molar-refractivity contribution in [3.63, 3.8) is 0 Å². The third-order valence-corrected chi connectivity index (χ3v) is 3.11. The van der Waals surface area contributed by atoms with Crippen molar-refractivity contribution in [2.45, 2.75) is 19.4 Å². The fraction of sp³-hybridized carbons (Fsp3) is 0.357. The number of carbonyl (C=O) groups excluding carboxylic acids is 1. The lowest BCUT2D eigenvalue weighted by molar-refractivity contribution is -0.121. The number of rotatable bonds is 4. The molecule has 0 aliphatic carbocycles. The van der Waals surface area contributed by atoms with E-state index in [-0.39, 0.29) is 18.6 Å². The topological polar surface area (TPSA) is 55.6 Å². The molecule has 96 valence electrons. The normalized spacial score (nSPS) is 15.9. The van der Waals surface area contributed by atoms with Gasteiger partial charge in [-0.1, -0.05) is 19.1 Å². The maximum Gasteiger partial charge on any atom is 0.265 e. The minimum Gasteiger partial charge on any atom is -0.482 e. The van der Waals surface area contributed by atoms with Gasteiger partial charge < -0.3 is 15.4 Å². The molecule has 1 amide bonds. The molecule has 4 heteroatoms. The Balaban J connectivity index is 2.41. The molecule has 0 saturated heterocycles. The summed E-state index contributed by atoms with van der Waals surface area (Å²) in [5.41, 5.74) is 7.82. The van der Waals surface area contributed by atoms with Gasteiger partial charge in [0.2, 0.25) is 0 Å². The SMILES string of the molecule is C=CCN1C(=O)COc2ccc(C(N)CC)cc21. The number of nitrogens with two attached hydrogens (primary N) is 1. The van der Waals surface area contributed by atoms with Crippen LogP contribution in [0.1, 0.15) is 24.9 Å². The third kappa shape index (κ3) is 2.24. The first-order valence-electron chi connectivity index (χ1n) is 6.11. The molecule has 1 heterocycles. The van der Waals surface area contributed by atoms with E-state index in [1.165, 1.54) is 0 Å². The first kappa shape index (κ1) is 12.6. The number of fused-ring (bicyclic) bond motifs is 1. The van der Waals surface area contributed by atoms with E-state index in [1.54, 1.807) is 11.0 Å². The highest BCUT2D eigenvalue weighted by molar-refractivity contribution is 5.98. The summed E-state index contributed by atoms with van der Waals surface area (Å²) in [6, 6.07) is 5.75. The van der Waals surface area contributed by atoms with Gasteiger partial charge in [-0.25, -0.2) is 0 Å². The van der Waals surface area contributed by atoms with Gasteiger partial charge in [0.1, 0.15) is 5.75 Å². The first-order valence-corrected chi connectivity index (χ1v) is 6.11. The van der Waals surface area contributed by atoms with Crippen LogP contribution in [0.15, 0.2) is 30.9 Å². The lowest BCUT2D eigenvalue weighted by Crippen LogP contribution is -2.38. The van der Waals surface area contributed by atoms with Gasteiger partial charge in [0, 0.05) is 12.6 Å². The van der Waals surface area contributed by atoms with Gasteiger partial charge in [0.15, 0.2) is 6.61 Å². The molecule has 1 aromatic rings. The molecule has 4 nitrogen and oxygen atoms in total. The molecule has 1 unspecified atom stereocenters. The van der Waals surface area contributed by atoms with Crippen LogP contribution in [0.25, 0.3) is 0 Å². The Morgan fingerprint density at radius 1 is 1.61 bits per heavy atom. The van der Waals surface area contributed by atoms with Gasteiger partial charge in [0.25, 0.3) is 5.91 Å². The number of ether oxygens (including phenoxy) is 1. The van der Waals surface area contributed by atoms with Gasteiger partial charge in [-0.3, -0.25) is 4.79 Å². The van der Waals surface area contributed by atoms with E-state index in [0.717, 1.165) is 23.4 Å². The zero-order chi connectivity index (χ0) is 13.1. The molecule has 2 N–H and O–H groups in total. The van der Waals surface area contributed by atoms with Gasteiger partial charge in [0.05, 0.1) is 5.69 Å². The molecule has 1 aliphatic rings. The molecule has 18 heavy (non-hydrogen) atoms. The molecular formula is C14H18N2O2. The number of anilines is 1. The van der Waals surface area contributed by atoms with E-state index in [4.69, 9.17) is 10.5 Å². The van der Waals surface area contributed by atoms with E-state index in [0.29, 0.717) is 6.54 Å². The van der Waals surface area contributed by atoms with Crippen molar-refractivity contribution < 1.29 is 9.53 Å². The highest BCUT2D eigenvalue weighted by Gasteiger charge is 2.25. The molecule has 0 radical (unpaired) electrons. The van der Waals surface area contributed by atoms with Crippen molar-refractivity contribution in [3.05, 3.63) is 36.4 Å². The number of amides is 1. The Bertz CT molecular complexity index is 471. The zero-order valence-electron chi connectivity index (χ0n) is 10.6. The molecule has 2 rings (SSSR count). The van der Waals surface area contributed by atoms with Gasteiger partial charge in [-0.15, -0.1) is 6.58 Å². The summed E-state index contributed by atoms with van der Waals surface area (Å²) in [5, 5.41) is 0. The van der Waals surface area contributed by atoms with Crippen LogP contribution < -0.4 is 15.4 Å². The van der Waals surface area contributed by atoms with E-state index >= 15 is 0 Å². The Morgan fingerprint density at radius 3 is 3.06 bits per heavy atom. The summed E-state index contributed by atoms with van der Waals surface area (Å²) in [6.45, 7) is 6.28. The highest BCUT2D eigenvalue weighted by atomic mass is 16.5. The number of hydrogen-bond acceptors (Lipinski definition) is 3. The lowest BCUT2D eigenvalue weighted by atomic mass is 10.0.